The van der Waals surface area contributed by atoms with Crippen molar-refractivity contribution in [3.8, 4) is 0 Å². The second-order valence-corrected chi connectivity index (χ2v) is 19.9. The van der Waals surface area contributed by atoms with Crippen molar-refractivity contribution >= 4 is 13.8 Å². The first-order valence-electron chi connectivity index (χ1n) is 26.2. The van der Waals surface area contributed by atoms with Gasteiger partial charge in [0.05, 0.1) is 34.4 Å². The normalized spacial score (nSPS) is 14.2. The van der Waals surface area contributed by atoms with Crippen LogP contribution in [-0.4, -0.2) is 70.7 Å². The molecule has 372 valence electrons. The molecule has 0 saturated heterocycles. The summed E-state index contributed by atoms with van der Waals surface area (Å²) in [5.41, 5.74) is 0. The van der Waals surface area contributed by atoms with Crippen LogP contribution in [0.4, 0.5) is 0 Å². The van der Waals surface area contributed by atoms with Gasteiger partial charge in [-0.1, -0.05) is 196 Å². The highest BCUT2D eigenvalue weighted by atomic mass is 31.2. The Hall–Kier alpha value is -2.06. The van der Waals surface area contributed by atoms with Crippen molar-refractivity contribution < 1.29 is 37.3 Å². The average Bonchev–Trinajstić information content (AvgIpc) is 3.25. The molecule has 0 aliphatic carbocycles. The van der Waals surface area contributed by atoms with Gasteiger partial charge in [-0.2, -0.15) is 0 Å². The van der Waals surface area contributed by atoms with Crippen LogP contribution in [0.5, 0.6) is 0 Å². The number of unbranched alkanes of at least 4 members (excludes halogenated alkanes) is 22. The van der Waals surface area contributed by atoms with Gasteiger partial charge in [-0.25, -0.2) is 0 Å². The van der Waals surface area contributed by atoms with Crippen LogP contribution in [0.2, 0.25) is 0 Å². The molecule has 0 bridgehead atoms. The largest absolute Gasteiger partial charge is 0.756 e. The van der Waals surface area contributed by atoms with E-state index < -0.39 is 13.9 Å². The molecule has 0 amide bonds. The molecule has 8 nitrogen and oxygen atoms in total. The van der Waals surface area contributed by atoms with Crippen LogP contribution in [0.3, 0.4) is 0 Å². The van der Waals surface area contributed by atoms with Gasteiger partial charge >= 0.3 is 5.97 Å². The van der Waals surface area contributed by atoms with E-state index in [4.69, 9.17) is 18.5 Å². The zero-order chi connectivity index (χ0) is 46.9. The Balaban J connectivity index is 4.16. The van der Waals surface area contributed by atoms with Gasteiger partial charge in [-0.15, -0.1) is 0 Å². The molecule has 64 heavy (non-hydrogen) atoms. The summed E-state index contributed by atoms with van der Waals surface area (Å²) < 4.78 is 34.7. The van der Waals surface area contributed by atoms with E-state index in [2.05, 4.69) is 86.8 Å². The third-order valence-electron chi connectivity index (χ3n) is 11.0. The topological polar surface area (TPSA) is 94.1 Å². The molecule has 0 aromatic carbocycles. The zero-order valence-electron chi connectivity index (χ0n) is 42.2. The molecule has 2 atom stereocenters. The Morgan fingerprint density at radius 3 is 1.38 bits per heavy atom. The molecule has 0 rings (SSSR count). The van der Waals surface area contributed by atoms with Gasteiger partial charge in [0.1, 0.15) is 19.3 Å². The first-order valence-corrected chi connectivity index (χ1v) is 27.6. The molecule has 0 N–H and O–H groups in total. The maximum Gasteiger partial charge on any atom is 0.306 e. The molecule has 2 unspecified atom stereocenters. The number of likely N-dealkylation sites (N-methyl/N-ethyl adjacent to an activating group) is 1. The fourth-order valence-corrected chi connectivity index (χ4v) is 7.71. The van der Waals surface area contributed by atoms with E-state index >= 15 is 0 Å². The monoisotopic (exact) mass is 918 g/mol. The standard InChI is InChI=1S/C55H100NO7P/c1-6-8-10-12-14-16-18-20-22-24-25-26-27-28-29-30-31-32-34-36-38-40-42-44-46-48-55(57)63-54(53-62-64(58,59)61-51-49-56(3,4)5)52-60-50-47-45-43-41-39-37-35-33-23-21-19-17-15-13-11-9-7-2/h8,10,14,16,20,22-23,25-26,28-29,33,54H,6-7,9,11-13,15,17-19,21,24,27,30-32,34-53H2,1-5H3/b10-8-,16-14-,22-20-,26-25-,29-28-,33-23-. The van der Waals surface area contributed by atoms with E-state index in [9.17, 15) is 14.3 Å². The Morgan fingerprint density at radius 1 is 0.500 bits per heavy atom. The van der Waals surface area contributed by atoms with Crippen LogP contribution >= 0.6 is 7.82 Å². The molecule has 0 aliphatic rings. The minimum atomic E-state index is -4.54. The lowest BCUT2D eigenvalue weighted by atomic mass is 10.1. The Morgan fingerprint density at radius 2 is 0.906 bits per heavy atom. The predicted molar refractivity (Wildman–Crippen MR) is 272 cm³/mol. The van der Waals surface area contributed by atoms with Crippen LogP contribution < -0.4 is 4.89 Å². The van der Waals surface area contributed by atoms with Gasteiger partial charge in [0, 0.05) is 13.0 Å². The Kier molecular flexibility index (Phi) is 45.9. The molecule has 0 fully saturated rings. The lowest BCUT2D eigenvalue weighted by molar-refractivity contribution is -0.870. The number of hydrogen-bond acceptors (Lipinski definition) is 7. The van der Waals surface area contributed by atoms with E-state index in [-0.39, 0.29) is 25.8 Å². The fourth-order valence-electron chi connectivity index (χ4n) is 6.98. The second kappa shape index (κ2) is 47.4. The summed E-state index contributed by atoms with van der Waals surface area (Å²) in [7, 11) is 1.34. The molecule has 0 aromatic heterocycles. The fraction of sp³-hybridized carbons (Fsp3) is 0.764. The summed E-state index contributed by atoms with van der Waals surface area (Å²) in [6.07, 6.45) is 62.1. The summed E-state index contributed by atoms with van der Waals surface area (Å²) in [6, 6.07) is 0. The van der Waals surface area contributed by atoms with Crippen molar-refractivity contribution in [2.24, 2.45) is 0 Å². The number of quaternary nitrogens is 1. The third-order valence-corrected chi connectivity index (χ3v) is 12.0. The average molecular weight is 918 g/mol. The van der Waals surface area contributed by atoms with Crippen LogP contribution in [0.1, 0.15) is 213 Å². The van der Waals surface area contributed by atoms with E-state index in [1.165, 1.54) is 122 Å². The van der Waals surface area contributed by atoms with Gasteiger partial charge in [-0.3, -0.25) is 9.36 Å². The predicted octanol–water partition coefficient (Wildman–Crippen LogP) is 15.6. The molecule has 9 heteroatoms. The number of carbonyl (C=O) groups is 1. The smallest absolute Gasteiger partial charge is 0.306 e. The number of carbonyl (C=O) groups excluding carboxylic acids is 1. The number of ether oxygens (including phenoxy) is 2. The van der Waals surface area contributed by atoms with Crippen LogP contribution in [0.15, 0.2) is 72.9 Å². The molecule has 0 saturated carbocycles. The van der Waals surface area contributed by atoms with Crippen LogP contribution in [0, 0.1) is 0 Å². The third kappa shape index (κ3) is 50.9. The lowest BCUT2D eigenvalue weighted by Crippen LogP contribution is -2.37. The number of rotatable bonds is 48. The Labute approximate surface area is 395 Å². The number of allylic oxidation sites excluding steroid dienone is 12. The van der Waals surface area contributed by atoms with Crippen LogP contribution in [-0.2, 0) is 27.9 Å². The summed E-state index contributed by atoms with van der Waals surface area (Å²) in [5.74, 6) is -0.343. The number of phosphoric ester groups is 1. The molecule has 0 aromatic rings. The summed E-state index contributed by atoms with van der Waals surface area (Å²) in [5, 5.41) is 0. The summed E-state index contributed by atoms with van der Waals surface area (Å²) in [6.45, 7) is 5.28. The molecular weight excluding hydrogens is 818 g/mol. The summed E-state index contributed by atoms with van der Waals surface area (Å²) in [4.78, 5) is 25.2. The highest BCUT2D eigenvalue weighted by molar-refractivity contribution is 7.45. The van der Waals surface area contributed by atoms with Crippen molar-refractivity contribution in [1.82, 2.24) is 0 Å². The van der Waals surface area contributed by atoms with E-state index in [1.54, 1.807) is 0 Å². The molecular formula is C55H100NO7P. The van der Waals surface area contributed by atoms with Crippen molar-refractivity contribution in [1.29, 1.82) is 0 Å². The van der Waals surface area contributed by atoms with Crippen molar-refractivity contribution in [2.75, 3.05) is 54.1 Å². The molecule has 0 heterocycles. The van der Waals surface area contributed by atoms with E-state index in [0.29, 0.717) is 24.1 Å². The number of phosphoric acid groups is 1. The van der Waals surface area contributed by atoms with Crippen molar-refractivity contribution in [2.45, 2.75) is 219 Å². The maximum atomic E-state index is 12.8. The highest BCUT2D eigenvalue weighted by Crippen LogP contribution is 2.38. The van der Waals surface area contributed by atoms with E-state index in [1.807, 2.05) is 21.1 Å². The summed E-state index contributed by atoms with van der Waals surface area (Å²) >= 11 is 0. The number of nitrogens with zero attached hydrogens (tertiary/aromatic N) is 1. The maximum absolute atomic E-state index is 12.8. The molecule has 0 aliphatic heterocycles. The lowest BCUT2D eigenvalue weighted by Gasteiger charge is -2.28. The number of hydrogen-bond donors (Lipinski definition) is 0. The molecule has 0 radical (unpaired) electrons. The minimum Gasteiger partial charge on any atom is -0.756 e. The first kappa shape index (κ1) is 61.9. The first-order chi connectivity index (χ1) is 31.1. The van der Waals surface area contributed by atoms with Crippen molar-refractivity contribution in [3.63, 3.8) is 0 Å². The minimum absolute atomic E-state index is 0.0209. The quantitative estimate of drug-likeness (QED) is 0.0197. The van der Waals surface area contributed by atoms with Gasteiger partial charge < -0.3 is 27.9 Å². The Bertz CT molecular complexity index is 1250. The molecule has 0 spiro atoms. The number of esters is 1. The SMILES string of the molecule is CC/C=C\C/C=C\C/C=C\C/C=C\C/C=C\CCCCCCCCCCCC(=O)OC(COCCCCCCCC/C=C\CCCCCCCCC)COP(=O)([O-])OCC[N+](C)(C)C. The van der Waals surface area contributed by atoms with E-state index in [0.717, 1.165) is 70.6 Å². The zero-order valence-corrected chi connectivity index (χ0v) is 43.1. The van der Waals surface area contributed by atoms with Crippen LogP contribution in [0.25, 0.3) is 0 Å². The second-order valence-electron chi connectivity index (χ2n) is 18.5. The van der Waals surface area contributed by atoms with Gasteiger partial charge in [0.2, 0.25) is 0 Å². The van der Waals surface area contributed by atoms with Gasteiger partial charge in [0.15, 0.2) is 0 Å². The highest BCUT2D eigenvalue weighted by Gasteiger charge is 2.20. The van der Waals surface area contributed by atoms with Gasteiger partial charge in [-0.05, 0) is 83.5 Å². The van der Waals surface area contributed by atoms with Gasteiger partial charge in [0.25, 0.3) is 7.82 Å². The van der Waals surface area contributed by atoms with Crippen molar-refractivity contribution in [3.05, 3.63) is 72.9 Å².